The largest absolute Gasteiger partial charge is 0.381 e. The number of carbonyl (C=O) groups is 1. The molecule has 1 aliphatic rings. The molecule has 0 saturated carbocycles. The van der Waals surface area contributed by atoms with Gasteiger partial charge in [0.2, 0.25) is 5.91 Å². The molecule has 6 heteroatoms. The number of aryl methyl sites for hydroxylation is 1. The Morgan fingerprint density at radius 1 is 1.45 bits per heavy atom. The first-order chi connectivity index (χ1) is 9.56. The fourth-order valence-electron chi connectivity index (χ4n) is 2.08. The van der Waals surface area contributed by atoms with Gasteiger partial charge in [0.1, 0.15) is 0 Å². The number of nitrogens with one attached hydrogen (secondary N) is 2. The quantitative estimate of drug-likeness (QED) is 0.866. The van der Waals surface area contributed by atoms with Crippen LogP contribution in [0.25, 0.3) is 0 Å². The summed E-state index contributed by atoms with van der Waals surface area (Å²) in [5, 5.41) is 6.78. The Kier molecular flexibility index (Phi) is 5.69. The van der Waals surface area contributed by atoms with E-state index in [-0.39, 0.29) is 18.5 Å². The Morgan fingerprint density at radius 3 is 2.85 bits per heavy atom. The summed E-state index contributed by atoms with van der Waals surface area (Å²) < 4.78 is 6.16. The van der Waals surface area contributed by atoms with Gasteiger partial charge in [-0.15, -0.1) is 0 Å². The molecule has 2 rings (SSSR count). The lowest BCUT2D eigenvalue weighted by atomic mass is 10.1. The van der Waals surface area contributed by atoms with Crippen LogP contribution in [0.15, 0.2) is 16.6 Å². The molecule has 0 unspecified atom stereocenters. The molecular weight excluding hydrogens is 344 g/mol. The number of benzene rings is 1. The van der Waals surface area contributed by atoms with Crippen LogP contribution in [0.2, 0.25) is 5.02 Å². The van der Waals surface area contributed by atoms with Crippen LogP contribution >= 0.6 is 27.5 Å². The summed E-state index contributed by atoms with van der Waals surface area (Å²) in [6, 6.07) is 3.98. The zero-order valence-electron chi connectivity index (χ0n) is 11.3. The number of hydrogen-bond donors (Lipinski definition) is 2. The lowest BCUT2D eigenvalue weighted by molar-refractivity contribution is -0.120. The number of hydrogen-bond acceptors (Lipinski definition) is 3. The van der Waals surface area contributed by atoms with Crippen molar-refractivity contribution in [2.24, 2.45) is 0 Å². The molecule has 1 saturated heterocycles. The summed E-state index contributed by atoms with van der Waals surface area (Å²) in [5.74, 6) is -0.0134. The summed E-state index contributed by atoms with van der Waals surface area (Å²) >= 11 is 9.54. The first kappa shape index (κ1) is 15.6. The van der Waals surface area contributed by atoms with E-state index in [1.165, 1.54) is 0 Å². The highest BCUT2D eigenvalue weighted by Crippen LogP contribution is 2.28. The van der Waals surface area contributed by atoms with Gasteiger partial charge in [-0.05, 0) is 53.4 Å². The molecule has 2 N–H and O–H groups in total. The van der Waals surface area contributed by atoms with Gasteiger partial charge in [-0.25, -0.2) is 0 Å². The van der Waals surface area contributed by atoms with Crippen LogP contribution in [0, 0.1) is 6.92 Å². The lowest BCUT2D eigenvalue weighted by Crippen LogP contribution is -2.41. The molecule has 0 aliphatic carbocycles. The van der Waals surface area contributed by atoms with Crippen molar-refractivity contribution in [1.29, 1.82) is 0 Å². The second kappa shape index (κ2) is 7.29. The van der Waals surface area contributed by atoms with Crippen LogP contribution in [-0.4, -0.2) is 31.7 Å². The van der Waals surface area contributed by atoms with Crippen LogP contribution in [0.4, 0.5) is 5.69 Å². The van der Waals surface area contributed by atoms with E-state index in [0.717, 1.165) is 41.8 Å². The second-order valence-electron chi connectivity index (χ2n) is 4.89. The molecule has 1 heterocycles. The monoisotopic (exact) mass is 360 g/mol. The molecule has 0 spiro atoms. The molecule has 0 atom stereocenters. The van der Waals surface area contributed by atoms with E-state index in [1.807, 2.05) is 19.1 Å². The van der Waals surface area contributed by atoms with Gasteiger partial charge in [-0.3, -0.25) is 4.79 Å². The average Bonchev–Trinajstić information content (AvgIpc) is 2.42. The van der Waals surface area contributed by atoms with Crippen molar-refractivity contribution in [1.82, 2.24) is 5.32 Å². The summed E-state index contributed by atoms with van der Waals surface area (Å²) in [6.45, 7) is 3.61. The fraction of sp³-hybridized carbons (Fsp3) is 0.500. The van der Waals surface area contributed by atoms with Gasteiger partial charge in [0.15, 0.2) is 0 Å². The van der Waals surface area contributed by atoms with Crippen molar-refractivity contribution in [2.45, 2.75) is 25.8 Å². The van der Waals surface area contributed by atoms with Gasteiger partial charge in [0.05, 0.1) is 12.2 Å². The SMILES string of the molecule is Cc1cc(Br)c(NCC(=O)NC2CCOCC2)cc1Cl. The molecule has 0 radical (unpaired) electrons. The van der Waals surface area contributed by atoms with Crippen molar-refractivity contribution in [3.63, 3.8) is 0 Å². The second-order valence-corrected chi connectivity index (χ2v) is 6.15. The van der Waals surface area contributed by atoms with Crippen LogP contribution < -0.4 is 10.6 Å². The summed E-state index contributed by atoms with van der Waals surface area (Å²) in [7, 11) is 0. The van der Waals surface area contributed by atoms with E-state index < -0.39 is 0 Å². The number of anilines is 1. The molecular formula is C14H18BrClN2O2. The normalized spacial score (nSPS) is 15.9. The fourth-order valence-corrected chi connectivity index (χ4v) is 2.84. The first-order valence-electron chi connectivity index (χ1n) is 6.63. The predicted octanol–water partition coefficient (Wildman–Crippen LogP) is 3.12. The van der Waals surface area contributed by atoms with Crippen LogP contribution in [0.3, 0.4) is 0 Å². The van der Waals surface area contributed by atoms with Crippen molar-refractivity contribution >= 4 is 39.1 Å². The van der Waals surface area contributed by atoms with Gasteiger partial charge in [0, 0.05) is 28.8 Å². The Morgan fingerprint density at radius 2 is 2.15 bits per heavy atom. The Bertz CT molecular complexity index is 490. The molecule has 110 valence electrons. The number of rotatable bonds is 4. The maximum atomic E-state index is 11.9. The van der Waals surface area contributed by atoms with Crippen molar-refractivity contribution in [2.75, 3.05) is 25.1 Å². The van der Waals surface area contributed by atoms with Crippen molar-refractivity contribution in [3.05, 3.63) is 27.2 Å². The van der Waals surface area contributed by atoms with Crippen LogP contribution in [-0.2, 0) is 9.53 Å². The number of halogens is 2. The van der Waals surface area contributed by atoms with Gasteiger partial charge >= 0.3 is 0 Å². The van der Waals surface area contributed by atoms with E-state index in [1.54, 1.807) is 0 Å². The third-order valence-electron chi connectivity index (χ3n) is 3.27. The van der Waals surface area contributed by atoms with E-state index in [9.17, 15) is 4.79 Å². The zero-order valence-corrected chi connectivity index (χ0v) is 13.7. The highest BCUT2D eigenvalue weighted by molar-refractivity contribution is 9.10. The van der Waals surface area contributed by atoms with E-state index in [2.05, 4.69) is 26.6 Å². The highest BCUT2D eigenvalue weighted by atomic mass is 79.9. The average molecular weight is 362 g/mol. The molecule has 1 fully saturated rings. The predicted molar refractivity (Wildman–Crippen MR) is 84.4 cm³/mol. The van der Waals surface area contributed by atoms with E-state index in [4.69, 9.17) is 16.3 Å². The third-order valence-corrected chi connectivity index (χ3v) is 4.34. The Labute approximate surface area is 132 Å². The first-order valence-corrected chi connectivity index (χ1v) is 7.80. The molecule has 0 aromatic heterocycles. The maximum Gasteiger partial charge on any atom is 0.239 e. The minimum atomic E-state index is -0.0134. The summed E-state index contributed by atoms with van der Waals surface area (Å²) in [5.41, 5.74) is 1.82. The minimum Gasteiger partial charge on any atom is -0.381 e. The third kappa shape index (κ3) is 4.36. The van der Waals surface area contributed by atoms with Crippen LogP contribution in [0.5, 0.6) is 0 Å². The van der Waals surface area contributed by atoms with Crippen molar-refractivity contribution < 1.29 is 9.53 Å². The molecule has 20 heavy (non-hydrogen) atoms. The van der Waals surface area contributed by atoms with Gasteiger partial charge in [0.25, 0.3) is 0 Å². The Balaban J connectivity index is 1.85. The van der Waals surface area contributed by atoms with Crippen molar-refractivity contribution in [3.8, 4) is 0 Å². The van der Waals surface area contributed by atoms with E-state index in [0.29, 0.717) is 5.02 Å². The summed E-state index contributed by atoms with van der Waals surface area (Å²) in [6.07, 6.45) is 1.76. The maximum absolute atomic E-state index is 11.9. The standard InChI is InChI=1S/C14H18BrClN2O2/c1-9-6-11(15)13(7-12(9)16)17-8-14(19)18-10-2-4-20-5-3-10/h6-7,10,17H,2-5,8H2,1H3,(H,18,19). The molecule has 0 bridgehead atoms. The van der Waals surface area contributed by atoms with Gasteiger partial charge < -0.3 is 15.4 Å². The number of amides is 1. The topological polar surface area (TPSA) is 50.4 Å². The lowest BCUT2D eigenvalue weighted by Gasteiger charge is -2.23. The smallest absolute Gasteiger partial charge is 0.239 e. The molecule has 1 aliphatic heterocycles. The molecule has 4 nitrogen and oxygen atoms in total. The number of carbonyl (C=O) groups excluding carboxylic acids is 1. The van der Waals surface area contributed by atoms with Gasteiger partial charge in [-0.2, -0.15) is 0 Å². The van der Waals surface area contributed by atoms with E-state index >= 15 is 0 Å². The van der Waals surface area contributed by atoms with Gasteiger partial charge in [-0.1, -0.05) is 11.6 Å². The zero-order chi connectivity index (χ0) is 14.5. The minimum absolute atomic E-state index is 0.0134. The molecule has 1 amide bonds. The van der Waals surface area contributed by atoms with Crippen LogP contribution in [0.1, 0.15) is 18.4 Å². The highest BCUT2D eigenvalue weighted by Gasteiger charge is 2.16. The Hall–Kier alpha value is -0.780. The summed E-state index contributed by atoms with van der Waals surface area (Å²) in [4.78, 5) is 11.9. The molecule has 1 aromatic rings. The molecule has 1 aromatic carbocycles. The number of ether oxygens (including phenoxy) is 1.